The smallest absolute Gasteiger partial charge is 0.268 e. The fourth-order valence-electron chi connectivity index (χ4n) is 2.86. The van der Waals surface area contributed by atoms with Crippen LogP contribution >= 0.6 is 11.6 Å². The Labute approximate surface area is 135 Å². The van der Waals surface area contributed by atoms with Crippen LogP contribution in [-0.2, 0) is 16.4 Å². The van der Waals surface area contributed by atoms with E-state index in [1.54, 1.807) is 6.07 Å². The number of nitrogens with zero attached hydrogens (tertiary/aromatic N) is 1. The molecule has 0 spiro atoms. The number of benzene rings is 2. The van der Waals surface area contributed by atoms with Crippen molar-refractivity contribution in [2.24, 2.45) is 0 Å². The van der Waals surface area contributed by atoms with Gasteiger partial charge in [0.25, 0.3) is 10.0 Å². The highest BCUT2D eigenvalue weighted by Gasteiger charge is 2.37. The minimum atomic E-state index is -3.71. The summed E-state index contributed by atoms with van der Waals surface area (Å²) in [5.74, 6) is 0.254. The summed E-state index contributed by atoms with van der Waals surface area (Å²) < 4.78 is 32.9. The molecule has 1 atom stereocenters. The topological polar surface area (TPSA) is 46.6 Å². The molecule has 6 heteroatoms. The zero-order chi connectivity index (χ0) is 15.9. The lowest BCUT2D eigenvalue weighted by molar-refractivity contribution is 0.402. The van der Waals surface area contributed by atoms with Gasteiger partial charge in [0.05, 0.1) is 12.8 Å². The van der Waals surface area contributed by atoms with Gasteiger partial charge >= 0.3 is 0 Å². The first-order chi connectivity index (χ1) is 10.4. The first kappa shape index (κ1) is 15.2. The molecule has 0 radical (unpaired) electrons. The number of fused-ring (bicyclic) bond motifs is 1. The molecule has 22 heavy (non-hydrogen) atoms. The van der Waals surface area contributed by atoms with Gasteiger partial charge in [-0.2, -0.15) is 0 Å². The average Bonchev–Trinajstić information content (AvgIpc) is 2.83. The maximum atomic E-state index is 13.1. The molecule has 1 heterocycles. The minimum Gasteiger partial charge on any atom is -0.495 e. The summed E-state index contributed by atoms with van der Waals surface area (Å²) in [6, 6.07) is 12.0. The molecule has 0 aliphatic carbocycles. The highest BCUT2D eigenvalue weighted by atomic mass is 35.5. The van der Waals surface area contributed by atoms with Crippen LogP contribution < -0.4 is 9.04 Å². The van der Waals surface area contributed by atoms with Crippen LogP contribution in [0.5, 0.6) is 5.75 Å². The molecule has 0 bridgehead atoms. The third kappa shape index (κ3) is 2.34. The van der Waals surface area contributed by atoms with Crippen molar-refractivity contribution in [3.63, 3.8) is 0 Å². The van der Waals surface area contributed by atoms with E-state index < -0.39 is 10.0 Å². The van der Waals surface area contributed by atoms with Gasteiger partial charge in [-0.3, -0.25) is 4.31 Å². The summed E-state index contributed by atoms with van der Waals surface area (Å²) in [5, 5.41) is 0.436. The predicted octanol–water partition coefficient (Wildman–Crippen LogP) is 3.49. The summed E-state index contributed by atoms with van der Waals surface area (Å²) >= 11 is 5.93. The fraction of sp³-hybridized carbons (Fsp3) is 0.250. The molecule has 0 saturated heterocycles. The average molecular weight is 338 g/mol. The van der Waals surface area contributed by atoms with E-state index in [1.165, 1.54) is 23.5 Å². The lowest BCUT2D eigenvalue weighted by Crippen LogP contribution is -2.35. The van der Waals surface area contributed by atoms with Crippen LogP contribution in [0.1, 0.15) is 12.5 Å². The van der Waals surface area contributed by atoms with Crippen LogP contribution in [-0.4, -0.2) is 21.6 Å². The maximum absolute atomic E-state index is 13.1. The van der Waals surface area contributed by atoms with Gasteiger partial charge in [0, 0.05) is 17.1 Å². The van der Waals surface area contributed by atoms with Crippen molar-refractivity contribution in [1.29, 1.82) is 0 Å². The van der Waals surface area contributed by atoms with Crippen LogP contribution in [0, 0.1) is 0 Å². The van der Waals surface area contributed by atoms with Crippen molar-refractivity contribution in [2.45, 2.75) is 24.3 Å². The van der Waals surface area contributed by atoms with Gasteiger partial charge < -0.3 is 4.74 Å². The molecule has 1 aliphatic rings. The molecule has 3 rings (SSSR count). The number of sulfonamides is 1. The first-order valence-electron chi connectivity index (χ1n) is 6.91. The number of methoxy groups -OCH3 is 1. The third-order valence-electron chi connectivity index (χ3n) is 3.81. The van der Waals surface area contributed by atoms with E-state index in [-0.39, 0.29) is 16.7 Å². The summed E-state index contributed by atoms with van der Waals surface area (Å²) in [6.07, 6.45) is 0.700. The molecule has 1 aliphatic heterocycles. The number of anilines is 1. The molecule has 116 valence electrons. The number of rotatable bonds is 3. The Kier molecular flexibility index (Phi) is 3.78. The molecular formula is C16H16ClNO3S. The second kappa shape index (κ2) is 5.48. The van der Waals surface area contributed by atoms with Gasteiger partial charge in [-0.05, 0) is 37.1 Å². The molecule has 0 unspecified atom stereocenters. The standard InChI is InChI=1S/C16H16ClNO3S/c1-11-9-12-5-3-4-6-14(12)18(11)22(19,20)16-8-7-13(17)10-15(16)21-2/h3-8,10-11H,9H2,1-2H3/t11-/m0/s1. The summed E-state index contributed by atoms with van der Waals surface area (Å²) in [7, 11) is -2.27. The number of ether oxygens (including phenoxy) is 1. The Morgan fingerprint density at radius 3 is 2.68 bits per heavy atom. The lowest BCUT2D eigenvalue weighted by Gasteiger charge is -2.25. The zero-order valence-electron chi connectivity index (χ0n) is 12.3. The summed E-state index contributed by atoms with van der Waals surface area (Å²) in [6.45, 7) is 1.90. The van der Waals surface area contributed by atoms with Crippen molar-refractivity contribution in [3.8, 4) is 5.75 Å². The molecule has 2 aromatic carbocycles. The number of halogens is 1. The zero-order valence-corrected chi connectivity index (χ0v) is 13.9. The molecule has 0 fully saturated rings. The van der Waals surface area contributed by atoms with Crippen LogP contribution in [0.3, 0.4) is 0 Å². The molecular weight excluding hydrogens is 322 g/mol. The highest BCUT2D eigenvalue weighted by Crippen LogP contribution is 2.39. The van der Waals surface area contributed by atoms with Crippen LogP contribution in [0.15, 0.2) is 47.4 Å². The molecule has 2 aromatic rings. The second-order valence-corrected chi connectivity index (χ2v) is 7.50. The normalized spacial score (nSPS) is 17.4. The van der Waals surface area contributed by atoms with Gasteiger partial charge in [-0.25, -0.2) is 8.42 Å². The number of hydrogen-bond donors (Lipinski definition) is 0. The van der Waals surface area contributed by atoms with E-state index in [0.717, 1.165) is 11.3 Å². The third-order valence-corrected chi connectivity index (χ3v) is 6.01. The summed E-state index contributed by atoms with van der Waals surface area (Å²) in [5.41, 5.74) is 1.76. The number of para-hydroxylation sites is 1. The predicted molar refractivity (Wildman–Crippen MR) is 87.3 cm³/mol. The molecule has 0 saturated carbocycles. The van der Waals surface area contributed by atoms with Crippen molar-refractivity contribution >= 4 is 27.3 Å². The monoisotopic (exact) mass is 337 g/mol. The van der Waals surface area contributed by atoms with Gasteiger partial charge in [0.1, 0.15) is 10.6 Å². The fourth-order valence-corrected chi connectivity index (χ4v) is 4.86. The number of hydrogen-bond acceptors (Lipinski definition) is 3. The van der Waals surface area contributed by atoms with E-state index in [0.29, 0.717) is 11.4 Å². The largest absolute Gasteiger partial charge is 0.495 e. The van der Waals surface area contributed by atoms with Crippen LogP contribution in [0.25, 0.3) is 0 Å². The molecule has 0 aromatic heterocycles. The maximum Gasteiger partial charge on any atom is 0.268 e. The quantitative estimate of drug-likeness (QED) is 0.861. The summed E-state index contributed by atoms with van der Waals surface area (Å²) in [4.78, 5) is 0.128. The second-order valence-electron chi connectivity index (χ2n) is 5.28. The SMILES string of the molecule is COc1cc(Cl)ccc1S(=O)(=O)N1c2ccccc2C[C@@H]1C. The van der Waals surface area contributed by atoms with E-state index in [1.807, 2.05) is 31.2 Å². The van der Waals surface area contributed by atoms with E-state index in [4.69, 9.17) is 16.3 Å². The van der Waals surface area contributed by atoms with Gasteiger partial charge in [0.2, 0.25) is 0 Å². The van der Waals surface area contributed by atoms with Crippen LogP contribution in [0.4, 0.5) is 5.69 Å². The van der Waals surface area contributed by atoms with Crippen molar-refractivity contribution < 1.29 is 13.2 Å². The Balaban J connectivity index is 2.15. The van der Waals surface area contributed by atoms with Crippen molar-refractivity contribution in [3.05, 3.63) is 53.1 Å². The molecule has 0 N–H and O–H groups in total. The van der Waals surface area contributed by atoms with E-state index >= 15 is 0 Å². The Morgan fingerprint density at radius 2 is 1.95 bits per heavy atom. The van der Waals surface area contributed by atoms with Crippen molar-refractivity contribution in [2.75, 3.05) is 11.4 Å². The van der Waals surface area contributed by atoms with E-state index in [9.17, 15) is 8.42 Å². The van der Waals surface area contributed by atoms with Crippen molar-refractivity contribution in [1.82, 2.24) is 0 Å². The van der Waals surface area contributed by atoms with Crippen LogP contribution in [0.2, 0.25) is 5.02 Å². The Bertz CT molecular complexity index is 820. The van der Waals surface area contributed by atoms with Gasteiger partial charge in [-0.15, -0.1) is 0 Å². The van der Waals surface area contributed by atoms with Gasteiger partial charge in [-0.1, -0.05) is 29.8 Å². The first-order valence-corrected chi connectivity index (χ1v) is 8.73. The minimum absolute atomic E-state index is 0.128. The van der Waals surface area contributed by atoms with Gasteiger partial charge in [0.15, 0.2) is 0 Å². The molecule has 0 amide bonds. The van der Waals surface area contributed by atoms with E-state index in [2.05, 4.69) is 0 Å². The highest BCUT2D eigenvalue weighted by molar-refractivity contribution is 7.93. The Hall–Kier alpha value is -1.72. The Morgan fingerprint density at radius 1 is 1.23 bits per heavy atom. The lowest BCUT2D eigenvalue weighted by atomic mass is 10.1. The molecule has 4 nitrogen and oxygen atoms in total.